The number of anilines is 1. The van der Waals surface area contributed by atoms with Crippen molar-refractivity contribution in [2.45, 2.75) is 70.8 Å². The summed E-state index contributed by atoms with van der Waals surface area (Å²) in [5.41, 5.74) is 0.956. The van der Waals surface area contributed by atoms with Crippen LogP contribution in [0.3, 0.4) is 0 Å². The van der Waals surface area contributed by atoms with Gasteiger partial charge in [0.2, 0.25) is 5.95 Å². The zero-order chi connectivity index (χ0) is 26.9. The molecular formula is C26H32F3N7O. The second-order valence-corrected chi connectivity index (χ2v) is 9.51. The summed E-state index contributed by atoms with van der Waals surface area (Å²) in [6.45, 7) is 7.47. The first-order valence-electron chi connectivity index (χ1n) is 12.6. The van der Waals surface area contributed by atoms with Gasteiger partial charge in [0.05, 0.1) is 23.7 Å². The van der Waals surface area contributed by atoms with Crippen molar-refractivity contribution >= 4 is 11.6 Å². The first-order valence-corrected chi connectivity index (χ1v) is 12.6. The molecule has 1 unspecified atom stereocenters. The molecule has 1 aliphatic heterocycles. The molecule has 2 aromatic heterocycles. The van der Waals surface area contributed by atoms with Crippen molar-refractivity contribution in [2.75, 3.05) is 18.0 Å². The first kappa shape index (κ1) is 26.7. The average molecular weight is 516 g/mol. The lowest BCUT2D eigenvalue weighted by Crippen LogP contribution is -2.59. The van der Waals surface area contributed by atoms with Crippen LogP contribution in [0.15, 0.2) is 35.1 Å². The Morgan fingerprint density at radius 3 is 2.35 bits per heavy atom. The Balaban J connectivity index is 1.70. The van der Waals surface area contributed by atoms with E-state index in [2.05, 4.69) is 46.7 Å². The lowest BCUT2D eigenvalue weighted by atomic mass is 9.94. The summed E-state index contributed by atoms with van der Waals surface area (Å²) < 4.78 is 42.4. The van der Waals surface area contributed by atoms with Gasteiger partial charge in [-0.15, -0.1) is 0 Å². The molecule has 198 valence electrons. The van der Waals surface area contributed by atoms with Crippen LogP contribution in [-0.4, -0.2) is 49.2 Å². The number of nitriles is 1. The maximum Gasteiger partial charge on any atom is 0.416 e. The molecule has 8 nitrogen and oxygen atoms in total. The summed E-state index contributed by atoms with van der Waals surface area (Å²) in [5, 5.41) is 13.7. The number of halogens is 3. The summed E-state index contributed by atoms with van der Waals surface area (Å²) in [4.78, 5) is 21.6. The minimum absolute atomic E-state index is 0.0118. The maximum absolute atomic E-state index is 13.1. The molecule has 1 aromatic carbocycles. The number of piperazine rings is 1. The van der Waals surface area contributed by atoms with E-state index in [4.69, 9.17) is 5.26 Å². The number of benzene rings is 1. The predicted molar refractivity (Wildman–Crippen MR) is 134 cm³/mol. The summed E-state index contributed by atoms with van der Waals surface area (Å²) in [7, 11) is 1.63. The van der Waals surface area contributed by atoms with E-state index in [1.54, 1.807) is 29.8 Å². The number of rotatable bonds is 7. The highest BCUT2D eigenvalue weighted by molar-refractivity contribution is 5.48. The van der Waals surface area contributed by atoms with E-state index >= 15 is 0 Å². The molecule has 0 amide bonds. The highest BCUT2D eigenvalue weighted by Gasteiger charge is 2.38. The molecule has 0 radical (unpaired) electrons. The highest BCUT2D eigenvalue weighted by Crippen LogP contribution is 2.35. The van der Waals surface area contributed by atoms with Gasteiger partial charge in [-0.1, -0.05) is 32.9 Å². The maximum atomic E-state index is 13.1. The Morgan fingerprint density at radius 2 is 1.78 bits per heavy atom. The Bertz CT molecular complexity index is 1340. The fraction of sp³-hybridized carbons (Fsp3) is 0.538. The van der Waals surface area contributed by atoms with Crippen LogP contribution in [-0.2, 0) is 19.6 Å². The van der Waals surface area contributed by atoms with Crippen molar-refractivity contribution in [1.82, 2.24) is 24.1 Å². The van der Waals surface area contributed by atoms with Gasteiger partial charge in [-0.25, -0.2) is 4.79 Å². The fourth-order valence-corrected chi connectivity index (χ4v) is 5.33. The SMILES string of the molecule is CCC(c1ccc(C(F)(F)F)cc1)N1C[C@H](CC)N(c2nc(=O)n(C)c3cc(CC#N)nn23)C[C@H]1CC. The quantitative estimate of drug-likeness (QED) is 0.466. The summed E-state index contributed by atoms with van der Waals surface area (Å²) >= 11 is 0. The van der Waals surface area contributed by atoms with Crippen LogP contribution in [0.2, 0.25) is 0 Å². The van der Waals surface area contributed by atoms with Gasteiger partial charge in [0.25, 0.3) is 0 Å². The number of hydrogen-bond donors (Lipinski definition) is 0. The van der Waals surface area contributed by atoms with Crippen LogP contribution in [0.5, 0.6) is 0 Å². The molecule has 1 aliphatic rings. The van der Waals surface area contributed by atoms with Gasteiger partial charge in [0, 0.05) is 44.3 Å². The van der Waals surface area contributed by atoms with E-state index in [1.807, 2.05) is 0 Å². The standard InChI is InChI=1S/C26H32F3N7O/c1-5-20-16-35(24-31-25(37)33(4)23-14-19(12-13-30)32-36(23)24)21(6-2)15-34(20)22(7-3)17-8-10-18(11-9-17)26(27,28)29/h8-11,14,20-22H,5-7,12,15-16H2,1-4H3/t20-,21+,22?/m1/s1. The molecule has 37 heavy (non-hydrogen) atoms. The zero-order valence-electron chi connectivity index (χ0n) is 21.5. The molecule has 0 bridgehead atoms. The molecule has 0 aliphatic carbocycles. The van der Waals surface area contributed by atoms with Gasteiger partial charge in [0.1, 0.15) is 5.65 Å². The van der Waals surface area contributed by atoms with Crippen LogP contribution in [0, 0.1) is 11.3 Å². The average Bonchev–Trinajstić information content (AvgIpc) is 3.30. The Morgan fingerprint density at radius 1 is 1.11 bits per heavy atom. The summed E-state index contributed by atoms with van der Waals surface area (Å²) in [5.74, 6) is 0.454. The normalized spacial score (nSPS) is 19.8. The molecule has 0 spiro atoms. The van der Waals surface area contributed by atoms with E-state index in [-0.39, 0.29) is 24.5 Å². The van der Waals surface area contributed by atoms with E-state index in [0.717, 1.165) is 37.0 Å². The number of alkyl halides is 3. The summed E-state index contributed by atoms with van der Waals surface area (Å²) in [6, 6.07) is 9.39. The molecule has 0 saturated carbocycles. The largest absolute Gasteiger partial charge is 0.416 e. The van der Waals surface area contributed by atoms with Crippen molar-refractivity contribution < 1.29 is 13.2 Å². The van der Waals surface area contributed by atoms with Crippen LogP contribution >= 0.6 is 0 Å². The van der Waals surface area contributed by atoms with Gasteiger partial charge in [0.15, 0.2) is 0 Å². The minimum atomic E-state index is -4.37. The molecule has 3 aromatic rings. The monoisotopic (exact) mass is 515 g/mol. The van der Waals surface area contributed by atoms with E-state index in [0.29, 0.717) is 30.4 Å². The van der Waals surface area contributed by atoms with E-state index in [1.165, 1.54) is 4.57 Å². The minimum Gasteiger partial charge on any atom is -0.335 e. The zero-order valence-corrected chi connectivity index (χ0v) is 21.5. The first-order chi connectivity index (χ1) is 17.6. The van der Waals surface area contributed by atoms with E-state index in [9.17, 15) is 18.0 Å². The van der Waals surface area contributed by atoms with Gasteiger partial charge in [-0.3, -0.25) is 9.47 Å². The molecule has 4 rings (SSSR count). The third kappa shape index (κ3) is 5.07. The number of aromatic nitrogens is 4. The van der Waals surface area contributed by atoms with Crippen molar-refractivity contribution in [3.8, 4) is 6.07 Å². The molecule has 3 atom stereocenters. The third-order valence-electron chi connectivity index (χ3n) is 7.37. The number of hydrogen-bond acceptors (Lipinski definition) is 6. The molecule has 11 heteroatoms. The predicted octanol–water partition coefficient (Wildman–Crippen LogP) is 4.34. The number of nitrogens with zero attached hydrogens (tertiary/aromatic N) is 7. The van der Waals surface area contributed by atoms with E-state index < -0.39 is 17.4 Å². The molecular weight excluding hydrogens is 483 g/mol. The molecule has 1 saturated heterocycles. The van der Waals surface area contributed by atoms with Crippen molar-refractivity contribution in [3.05, 3.63) is 57.6 Å². The molecule has 0 N–H and O–H groups in total. The van der Waals surface area contributed by atoms with Gasteiger partial charge in [-0.2, -0.15) is 33.0 Å². The van der Waals surface area contributed by atoms with Crippen LogP contribution in [0.1, 0.15) is 62.9 Å². The van der Waals surface area contributed by atoms with Gasteiger partial charge >= 0.3 is 11.9 Å². The van der Waals surface area contributed by atoms with Crippen molar-refractivity contribution in [1.29, 1.82) is 5.26 Å². The second kappa shape index (κ2) is 10.5. The Labute approximate surface area is 213 Å². The molecule has 1 fully saturated rings. The smallest absolute Gasteiger partial charge is 0.335 e. The van der Waals surface area contributed by atoms with Crippen molar-refractivity contribution in [2.24, 2.45) is 7.05 Å². The van der Waals surface area contributed by atoms with Gasteiger partial charge in [-0.05, 0) is 37.0 Å². The highest BCUT2D eigenvalue weighted by atomic mass is 19.4. The van der Waals surface area contributed by atoms with Gasteiger partial charge < -0.3 is 4.90 Å². The lowest BCUT2D eigenvalue weighted by Gasteiger charge is -2.49. The number of fused-ring (bicyclic) bond motifs is 1. The Hall–Kier alpha value is -3.39. The topological polar surface area (TPSA) is 82.5 Å². The number of aryl methyl sites for hydroxylation is 1. The summed E-state index contributed by atoms with van der Waals surface area (Å²) in [6.07, 6.45) is -1.89. The lowest BCUT2D eigenvalue weighted by molar-refractivity contribution is -0.137. The van der Waals surface area contributed by atoms with Crippen LogP contribution in [0.4, 0.5) is 19.1 Å². The third-order valence-corrected chi connectivity index (χ3v) is 7.37. The fourth-order valence-electron chi connectivity index (χ4n) is 5.33. The van der Waals surface area contributed by atoms with Crippen LogP contribution in [0.25, 0.3) is 5.65 Å². The van der Waals surface area contributed by atoms with Crippen molar-refractivity contribution in [3.63, 3.8) is 0 Å². The Kier molecular flexibility index (Phi) is 7.59. The second-order valence-electron chi connectivity index (χ2n) is 9.51. The van der Waals surface area contributed by atoms with Crippen LogP contribution < -0.4 is 10.6 Å². The molecule has 3 heterocycles.